The Hall–Kier alpha value is -1.52. The molecule has 0 spiro atoms. The van der Waals surface area contributed by atoms with Gasteiger partial charge in [0.2, 0.25) is 0 Å². The maximum atomic E-state index is 11.7. The molecule has 5 heteroatoms. The molecule has 2 aromatic rings. The predicted octanol–water partition coefficient (Wildman–Crippen LogP) is 3.34. The summed E-state index contributed by atoms with van der Waals surface area (Å²) in [5.74, 6) is -0.443. The van der Waals surface area contributed by atoms with E-state index in [2.05, 4.69) is 0 Å². The van der Waals surface area contributed by atoms with Gasteiger partial charge in [-0.15, -0.1) is 0 Å². The lowest BCUT2D eigenvalue weighted by Gasteiger charge is -2.05. The van der Waals surface area contributed by atoms with Gasteiger partial charge in [-0.2, -0.15) is 11.3 Å². The fourth-order valence-corrected chi connectivity index (χ4v) is 2.22. The van der Waals surface area contributed by atoms with E-state index < -0.39 is 5.97 Å². The maximum absolute atomic E-state index is 11.7. The number of carbonyl (C=O) groups is 1. The fraction of sp³-hybridized carbons (Fsp3) is 0.0833. The Morgan fingerprint density at radius 1 is 1.41 bits per heavy atom. The van der Waals surface area contributed by atoms with E-state index in [0.29, 0.717) is 16.3 Å². The highest BCUT2D eigenvalue weighted by Crippen LogP contribution is 2.20. The van der Waals surface area contributed by atoms with Crippen molar-refractivity contribution in [1.82, 2.24) is 0 Å². The molecule has 0 amide bonds. The maximum Gasteiger partial charge on any atom is 0.339 e. The number of anilines is 1. The third-order valence-corrected chi connectivity index (χ3v) is 3.21. The zero-order valence-electron chi connectivity index (χ0n) is 8.85. The van der Waals surface area contributed by atoms with Gasteiger partial charge in [0.1, 0.15) is 6.61 Å². The molecule has 1 aromatic carbocycles. The Labute approximate surface area is 108 Å². The Morgan fingerprint density at radius 2 is 2.24 bits per heavy atom. The van der Waals surface area contributed by atoms with Crippen molar-refractivity contribution in [3.63, 3.8) is 0 Å². The van der Waals surface area contributed by atoms with E-state index >= 15 is 0 Å². The van der Waals surface area contributed by atoms with Gasteiger partial charge in [-0.05, 0) is 35.0 Å². The molecular formula is C12H10ClNO2S. The number of halogens is 1. The average molecular weight is 268 g/mol. The van der Waals surface area contributed by atoms with Crippen molar-refractivity contribution < 1.29 is 9.53 Å². The number of carbonyl (C=O) groups excluding carboxylic acids is 1. The first kappa shape index (κ1) is 12.0. The molecule has 0 aliphatic heterocycles. The SMILES string of the molecule is Nc1ccc(C(=O)OCc2ccsc2)c(Cl)c1. The molecule has 0 bridgehead atoms. The van der Waals surface area contributed by atoms with Crippen LogP contribution in [0.5, 0.6) is 0 Å². The number of nitrogens with two attached hydrogens (primary N) is 1. The van der Waals surface area contributed by atoms with Crippen molar-refractivity contribution >= 4 is 34.6 Å². The molecule has 88 valence electrons. The average Bonchev–Trinajstić information content (AvgIpc) is 2.78. The number of nitrogen functional groups attached to an aromatic ring is 1. The quantitative estimate of drug-likeness (QED) is 0.685. The van der Waals surface area contributed by atoms with Crippen LogP contribution in [0, 0.1) is 0 Å². The van der Waals surface area contributed by atoms with Crippen LogP contribution in [0.25, 0.3) is 0 Å². The standard InChI is InChI=1S/C12H10ClNO2S/c13-11-5-9(14)1-2-10(11)12(15)16-6-8-3-4-17-7-8/h1-5,7H,6,14H2. The third kappa shape index (κ3) is 2.99. The van der Waals surface area contributed by atoms with Crippen molar-refractivity contribution in [3.05, 3.63) is 51.2 Å². The fourth-order valence-electron chi connectivity index (χ4n) is 1.30. The van der Waals surface area contributed by atoms with Crippen molar-refractivity contribution in [2.75, 3.05) is 5.73 Å². The van der Waals surface area contributed by atoms with Crippen molar-refractivity contribution in [3.8, 4) is 0 Å². The van der Waals surface area contributed by atoms with Gasteiger partial charge >= 0.3 is 5.97 Å². The van der Waals surface area contributed by atoms with Gasteiger partial charge in [0.25, 0.3) is 0 Å². The Balaban J connectivity index is 2.04. The second-order valence-electron chi connectivity index (χ2n) is 3.45. The van der Waals surface area contributed by atoms with E-state index in [1.807, 2.05) is 16.8 Å². The lowest BCUT2D eigenvalue weighted by Crippen LogP contribution is -2.05. The molecule has 0 fully saturated rings. The normalized spacial score (nSPS) is 10.2. The van der Waals surface area contributed by atoms with Crippen LogP contribution in [0.15, 0.2) is 35.0 Å². The topological polar surface area (TPSA) is 52.3 Å². The number of ether oxygens (including phenoxy) is 1. The number of rotatable bonds is 3. The van der Waals surface area contributed by atoms with E-state index in [0.717, 1.165) is 5.56 Å². The molecule has 17 heavy (non-hydrogen) atoms. The van der Waals surface area contributed by atoms with Crippen LogP contribution in [0.1, 0.15) is 15.9 Å². The summed E-state index contributed by atoms with van der Waals surface area (Å²) in [5, 5.41) is 4.16. The van der Waals surface area contributed by atoms with E-state index in [9.17, 15) is 4.79 Å². The van der Waals surface area contributed by atoms with E-state index in [-0.39, 0.29) is 6.61 Å². The van der Waals surface area contributed by atoms with Crippen molar-refractivity contribution in [2.24, 2.45) is 0 Å². The van der Waals surface area contributed by atoms with Gasteiger partial charge in [-0.3, -0.25) is 0 Å². The largest absolute Gasteiger partial charge is 0.457 e. The molecular weight excluding hydrogens is 258 g/mol. The summed E-state index contributed by atoms with van der Waals surface area (Å²) >= 11 is 7.46. The predicted molar refractivity (Wildman–Crippen MR) is 69.3 cm³/mol. The highest BCUT2D eigenvalue weighted by molar-refractivity contribution is 7.07. The van der Waals surface area contributed by atoms with E-state index in [4.69, 9.17) is 22.1 Å². The van der Waals surface area contributed by atoms with Crippen LogP contribution < -0.4 is 5.73 Å². The molecule has 2 N–H and O–H groups in total. The second-order valence-corrected chi connectivity index (χ2v) is 4.63. The monoisotopic (exact) mass is 267 g/mol. The minimum Gasteiger partial charge on any atom is -0.457 e. The molecule has 0 aliphatic rings. The molecule has 0 saturated carbocycles. The summed E-state index contributed by atoms with van der Waals surface area (Å²) in [7, 11) is 0. The van der Waals surface area contributed by atoms with Crippen LogP contribution in [0.2, 0.25) is 5.02 Å². The van der Waals surface area contributed by atoms with Gasteiger partial charge in [0.15, 0.2) is 0 Å². The number of hydrogen-bond acceptors (Lipinski definition) is 4. The highest BCUT2D eigenvalue weighted by Gasteiger charge is 2.12. The molecule has 0 saturated heterocycles. The van der Waals surface area contributed by atoms with E-state index in [1.54, 1.807) is 23.5 Å². The molecule has 0 aliphatic carbocycles. The minimum absolute atomic E-state index is 0.253. The first-order chi connectivity index (χ1) is 8.16. The van der Waals surface area contributed by atoms with Crippen LogP contribution in [0.4, 0.5) is 5.69 Å². The summed E-state index contributed by atoms with van der Waals surface area (Å²) in [6.45, 7) is 0.253. The first-order valence-electron chi connectivity index (χ1n) is 4.90. The van der Waals surface area contributed by atoms with Crippen LogP contribution >= 0.6 is 22.9 Å². The Morgan fingerprint density at radius 3 is 2.88 bits per heavy atom. The summed E-state index contributed by atoms with van der Waals surface area (Å²) < 4.78 is 5.14. The van der Waals surface area contributed by atoms with Gasteiger partial charge in [-0.1, -0.05) is 11.6 Å². The lowest BCUT2D eigenvalue weighted by atomic mass is 10.2. The minimum atomic E-state index is -0.443. The van der Waals surface area contributed by atoms with Crippen molar-refractivity contribution in [1.29, 1.82) is 0 Å². The van der Waals surface area contributed by atoms with Crippen LogP contribution in [0.3, 0.4) is 0 Å². The summed E-state index contributed by atoms with van der Waals surface area (Å²) in [6, 6.07) is 6.62. The molecule has 1 heterocycles. The summed E-state index contributed by atoms with van der Waals surface area (Å²) in [5.41, 5.74) is 7.36. The number of esters is 1. The zero-order valence-corrected chi connectivity index (χ0v) is 10.4. The highest BCUT2D eigenvalue weighted by atomic mass is 35.5. The molecule has 3 nitrogen and oxygen atoms in total. The molecule has 0 atom stereocenters. The molecule has 1 aromatic heterocycles. The van der Waals surface area contributed by atoms with Gasteiger partial charge in [-0.25, -0.2) is 4.79 Å². The van der Waals surface area contributed by atoms with Crippen LogP contribution in [-0.2, 0) is 11.3 Å². The Bertz CT molecular complexity index is 525. The van der Waals surface area contributed by atoms with Gasteiger partial charge in [0, 0.05) is 11.3 Å². The molecule has 0 unspecified atom stereocenters. The van der Waals surface area contributed by atoms with Crippen molar-refractivity contribution in [2.45, 2.75) is 6.61 Å². The van der Waals surface area contributed by atoms with E-state index in [1.165, 1.54) is 6.07 Å². The molecule has 0 radical (unpaired) electrons. The summed E-state index contributed by atoms with van der Waals surface area (Å²) in [6.07, 6.45) is 0. The smallest absolute Gasteiger partial charge is 0.339 e. The van der Waals surface area contributed by atoms with Gasteiger partial charge in [0.05, 0.1) is 10.6 Å². The lowest BCUT2D eigenvalue weighted by molar-refractivity contribution is 0.0473. The van der Waals surface area contributed by atoms with Gasteiger partial charge < -0.3 is 10.5 Å². The van der Waals surface area contributed by atoms with Crippen LogP contribution in [-0.4, -0.2) is 5.97 Å². The molecule has 2 rings (SSSR count). The summed E-state index contributed by atoms with van der Waals surface area (Å²) in [4.78, 5) is 11.7. The Kier molecular flexibility index (Phi) is 3.66. The second kappa shape index (κ2) is 5.21. The number of benzene rings is 1. The number of hydrogen-bond donors (Lipinski definition) is 1. The first-order valence-corrected chi connectivity index (χ1v) is 6.22. The third-order valence-electron chi connectivity index (χ3n) is 2.16. The number of thiophene rings is 1. The zero-order chi connectivity index (χ0) is 12.3.